The Morgan fingerprint density at radius 2 is 0.862 bits per heavy atom. The Balaban J connectivity index is 1.31. The highest BCUT2D eigenvalue weighted by molar-refractivity contribution is 6.12. The van der Waals surface area contributed by atoms with Crippen molar-refractivity contribution < 1.29 is 0 Å². The standard InChI is InChI=1S/C52H40N6/c1-30-19-31(2)22-38(21-30)36-15-17-43-41-11-7-9-13-46(41)57(49(43)25-36)48-28-45(52-55-34(5)54-35(6)56-52)51(27-40(48)29-53)58-47-14-10-8-12-42(47)44-18-16-37(26-50(44)58)39-23-32(3)20-33(4)24-39/h7-28H,1-6H3. The normalized spacial score (nSPS) is 11.6. The van der Waals surface area contributed by atoms with Gasteiger partial charge in [-0.2, -0.15) is 5.26 Å². The van der Waals surface area contributed by atoms with E-state index >= 15 is 0 Å². The van der Waals surface area contributed by atoms with Crippen LogP contribution in [0.15, 0.2) is 133 Å². The molecule has 0 bridgehead atoms. The number of hydrogen-bond donors (Lipinski definition) is 0. The van der Waals surface area contributed by atoms with E-state index in [0.717, 1.165) is 77.2 Å². The molecule has 6 heteroatoms. The lowest BCUT2D eigenvalue weighted by atomic mass is 9.99. The average molecular weight is 749 g/mol. The minimum atomic E-state index is 0.539. The topological polar surface area (TPSA) is 72.3 Å². The lowest BCUT2D eigenvalue weighted by molar-refractivity contribution is 0.926. The summed E-state index contributed by atoms with van der Waals surface area (Å²) in [6.07, 6.45) is 0. The zero-order valence-electron chi connectivity index (χ0n) is 33.4. The molecule has 0 aliphatic carbocycles. The summed E-state index contributed by atoms with van der Waals surface area (Å²) in [6.45, 7) is 12.4. The molecule has 0 aliphatic heterocycles. The van der Waals surface area contributed by atoms with Crippen LogP contribution in [0.5, 0.6) is 0 Å². The second-order valence-electron chi connectivity index (χ2n) is 15.7. The monoisotopic (exact) mass is 748 g/mol. The first-order valence-corrected chi connectivity index (χ1v) is 19.7. The fourth-order valence-corrected chi connectivity index (χ4v) is 9.05. The molecule has 3 aromatic heterocycles. The molecule has 0 aliphatic rings. The van der Waals surface area contributed by atoms with Crippen LogP contribution in [-0.2, 0) is 0 Å². The van der Waals surface area contributed by atoms with Crippen molar-refractivity contribution in [2.24, 2.45) is 0 Å². The molecule has 7 aromatic carbocycles. The summed E-state index contributed by atoms with van der Waals surface area (Å²) in [5, 5.41) is 15.7. The average Bonchev–Trinajstić information content (AvgIpc) is 3.71. The third-order valence-corrected chi connectivity index (χ3v) is 11.3. The van der Waals surface area contributed by atoms with Crippen molar-refractivity contribution in [1.29, 1.82) is 5.26 Å². The third kappa shape index (κ3) is 5.74. The van der Waals surface area contributed by atoms with Gasteiger partial charge in [0.15, 0.2) is 5.82 Å². The number of nitriles is 1. The van der Waals surface area contributed by atoms with E-state index in [1.54, 1.807) is 0 Å². The Labute approximate surface area is 337 Å². The van der Waals surface area contributed by atoms with Gasteiger partial charge in [0, 0.05) is 27.1 Å². The second-order valence-corrected chi connectivity index (χ2v) is 15.7. The van der Waals surface area contributed by atoms with Crippen molar-refractivity contribution in [3.05, 3.63) is 173 Å². The number of fused-ring (bicyclic) bond motifs is 6. The molecular weight excluding hydrogens is 709 g/mol. The molecule has 0 radical (unpaired) electrons. The van der Waals surface area contributed by atoms with Crippen LogP contribution in [0.2, 0.25) is 0 Å². The first-order chi connectivity index (χ1) is 28.1. The van der Waals surface area contributed by atoms with E-state index in [9.17, 15) is 5.26 Å². The summed E-state index contributed by atoms with van der Waals surface area (Å²) in [5.74, 6) is 1.82. The first-order valence-electron chi connectivity index (χ1n) is 19.7. The summed E-state index contributed by atoms with van der Waals surface area (Å²) < 4.78 is 4.53. The molecule has 0 amide bonds. The SMILES string of the molecule is Cc1cc(C)cc(-c2ccc3c4ccccc4n(-c4cc(-c5nc(C)nc(C)n5)c(-n5c6ccccc6c6ccc(-c7cc(C)cc(C)c7)cc65)cc4C#N)c3c2)c1. The maximum absolute atomic E-state index is 11.2. The summed E-state index contributed by atoms with van der Waals surface area (Å²) in [6, 6.07) is 50.5. The molecular formula is C52H40N6. The van der Waals surface area contributed by atoms with Crippen LogP contribution < -0.4 is 0 Å². The van der Waals surface area contributed by atoms with Gasteiger partial charge >= 0.3 is 0 Å². The van der Waals surface area contributed by atoms with E-state index in [4.69, 9.17) is 9.97 Å². The summed E-state index contributed by atoms with van der Waals surface area (Å²) in [7, 11) is 0. The molecule has 6 nitrogen and oxygen atoms in total. The molecule has 0 spiro atoms. The molecule has 0 fully saturated rings. The van der Waals surface area contributed by atoms with Gasteiger partial charge in [-0.15, -0.1) is 0 Å². The highest BCUT2D eigenvalue weighted by Gasteiger charge is 2.24. The van der Waals surface area contributed by atoms with Crippen LogP contribution >= 0.6 is 0 Å². The fraction of sp³-hybridized carbons (Fsp3) is 0.115. The Kier molecular flexibility index (Phi) is 8.10. The number of nitrogens with zero attached hydrogens (tertiary/aromatic N) is 6. The molecule has 0 saturated heterocycles. The number of para-hydroxylation sites is 2. The van der Waals surface area contributed by atoms with Gasteiger partial charge in [0.1, 0.15) is 17.7 Å². The van der Waals surface area contributed by atoms with E-state index < -0.39 is 0 Å². The predicted molar refractivity (Wildman–Crippen MR) is 238 cm³/mol. The number of benzene rings is 7. The van der Waals surface area contributed by atoms with Gasteiger partial charge in [-0.1, -0.05) is 119 Å². The second kappa shape index (κ2) is 13.4. The quantitative estimate of drug-likeness (QED) is 0.176. The largest absolute Gasteiger partial charge is 0.308 e. The van der Waals surface area contributed by atoms with Crippen LogP contribution in [0.25, 0.3) is 88.6 Å². The molecule has 10 aromatic rings. The number of hydrogen-bond acceptors (Lipinski definition) is 4. The smallest absolute Gasteiger partial charge is 0.165 e. The predicted octanol–water partition coefficient (Wildman–Crippen LogP) is 12.8. The Hall–Kier alpha value is -7.36. The van der Waals surface area contributed by atoms with Gasteiger partial charge in [-0.3, -0.25) is 0 Å². The van der Waals surface area contributed by atoms with E-state index in [2.05, 4.69) is 175 Å². The maximum atomic E-state index is 11.2. The Morgan fingerprint density at radius 3 is 1.34 bits per heavy atom. The Morgan fingerprint density at radius 1 is 0.414 bits per heavy atom. The first kappa shape index (κ1) is 35.1. The number of aryl methyl sites for hydroxylation is 6. The zero-order chi connectivity index (χ0) is 39.8. The van der Waals surface area contributed by atoms with Crippen molar-refractivity contribution in [2.75, 3.05) is 0 Å². The number of aromatic nitrogens is 5. The van der Waals surface area contributed by atoms with Crippen LogP contribution in [0.4, 0.5) is 0 Å². The lowest BCUT2D eigenvalue weighted by Crippen LogP contribution is -2.07. The van der Waals surface area contributed by atoms with E-state index in [1.807, 2.05) is 19.9 Å². The summed E-state index contributed by atoms with van der Waals surface area (Å²) in [5.41, 5.74) is 16.5. The number of rotatable bonds is 5. The molecule has 0 N–H and O–H groups in total. The third-order valence-electron chi connectivity index (χ3n) is 11.3. The van der Waals surface area contributed by atoms with Crippen LogP contribution in [0.1, 0.15) is 39.5 Å². The molecule has 0 atom stereocenters. The van der Waals surface area contributed by atoms with Gasteiger partial charge in [-0.05, 0) is 100 Å². The van der Waals surface area contributed by atoms with Gasteiger partial charge in [0.05, 0.1) is 39.0 Å². The summed E-state index contributed by atoms with van der Waals surface area (Å²) >= 11 is 0. The minimum Gasteiger partial charge on any atom is -0.308 e. The van der Waals surface area contributed by atoms with Crippen molar-refractivity contribution in [2.45, 2.75) is 41.5 Å². The van der Waals surface area contributed by atoms with Crippen molar-refractivity contribution in [1.82, 2.24) is 24.1 Å². The van der Waals surface area contributed by atoms with E-state index in [0.29, 0.717) is 23.0 Å². The minimum absolute atomic E-state index is 0.539. The van der Waals surface area contributed by atoms with Gasteiger partial charge in [-0.25, -0.2) is 15.0 Å². The van der Waals surface area contributed by atoms with E-state index in [1.165, 1.54) is 27.8 Å². The van der Waals surface area contributed by atoms with Crippen LogP contribution in [0, 0.1) is 52.9 Å². The zero-order valence-corrected chi connectivity index (χ0v) is 33.4. The molecule has 0 unspecified atom stereocenters. The van der Waals surface area contributed by atoms with E-state index in [-0.39, 0.29) is 0 Å². The molecule has 0 saturated carbocycles. The van der Waals surface area contributed by atoms with Crippen molar-refractivity contribution in [3.8, 4) is 51.1 Å². The lowest BCUT2D eigenvalue weighted by Gasteiger charge is -2.18. The van der Waals surface area contributed by atoms with Crippen molar-refractivity contribution >= 4 is 43.6 Å². The summed E-state index contributed by atoms with van der Waals surface area (Å²) in [4.78, 5) is 14.5. The molecule has 58 heavy (non-hydrogen) atoms. The van der Waals surface area contributed by atoms with Crippen LogP contribution in [0.3, 0.4) is 0 Å². The molecule has 10 rings (SSSR count). The Bertz CT molecular complexity index is 3310. The molecule has 3 heterocycles. The van der Waals surface area contributed by atoms with Gasteiger partial charge in [0.25, 0.3) is 0 Å². The van der Waals surface area contributed by atoms with Gasteiger partial charge in [0.2, 0.25) is 0 Å². The molecule has 278 valence electrons. The fourth-order valence-electron chi connectivity index (χ4n) is 9.05. The highest BCUT2D eigenvalue weighted by atomic mass is 15.1. The van der Waals surface area contributed by atoms with Crippen LogP contribution in [-0.4, -0.2) is 24.1 Å². The van der Waals surface area contributed by atoms with Crippen molar-refractivity contribution in [3.63, 3.8) is 0 Å². The highest BCUT2D eigenvalue weighted by Crippen LogP contribution is 2.42. The maximum Gasteiger partial charge on any atom is 0.165 e. The van der Waals surface area contributed by atoms with Gasteiger partial charge < -0.3 is 9.13 Å².